The number of benzene rings is 2. The first-order valence-corrected chi connectivity index (χ1v) is 6.57. The van der Waals surface area contributed by atoms with E-state index in [9.17, 15) is 4.79 Å². The maximum absolute atomic E-state index is 12.1. The molecule has 1 unspecified atom stereocenters. The van der Waals surface area contributed by atoms with Crippen molar-refractivity contribution in [1.29, 1.82) is 0 Å². The van der Waals surface area contributed by atoms with Crippen LogP contribution in [0.4, 0.5) is 0 Å². The molecule has 0 heterocycles. The van der Waals surface area contributed by atoms with Crippen molar-refractivity contribution in [2.24, 2.45) is 0 Å². The van der Waals surface area contributed by atoms with Gasteiger partial charge in [-0.1, -0.05) is 41.4 Å². The number of amides is 1. The minimum absolute atomic E-state index is 0.0764. The molecule has 98 valence electrons. The minimum Gasteiger partial charge on any atom is -0.346 e. The zero-order valence-electron chi connectivity index (χ0n) is 11.0. The van der Waals surface area contributed by atoms with Crippen molar-refractivity contribution in [3.63, 3.8) is 0 Å². The quantitative estimate of drug-likeness (QED) is 0.895. The molecular weight excluding hydrogens is 258 g/mol. The molecule has 0 aliphatic carbocycles. The summed E-state index contributed by atoms with van der Waals surface area (Å²) in [7, 11) is 0. The van der Waals surface area contributed by atoms with Gasteiger partial charge in [-0.3, -0.25) is 4.79 Å². The Bertz CT molecular complexity index is 578. The molecule has 1 N–H and O–H groups in total. The van der Waals surface area contributed by atoms with Gasteiger partial charge in [-0.2, -0.15) is 0 Å². The Hall–Kier alpha value is -1.80. The van der Waals surface area contributed by atoms with Crippen molar-refractivity contribution in [3.05, 3.63) is 70.2 Å². The summed E-state index contributed by atoms with van der Waals surface area (Å²) in [6.07, 6.45) is 0. The highest BCUT2D eigenvalue weighted by molar-refractivity contribution is 6.30. The Kier molecular flexibility index (Phi) is 4.23. The highest BCUT2D eigenvalue weighted by Crippen LogP contribution is 2.17. The highest BCUT2D eigenvalue weighted by Gasteiger charge is 2.11. The largest absolute Gasteiger partial charge is 0.346 e. The average Bonchev–Trinajstić information content (AvgIpc) is 2.39. The second kappa shape index (κ2) is 5.89. The molecule has 2 aromatic carbocycles. The van der Waals surface area contributed by atoms with Crippen molar-refractivity contribution in [1.82, 2.24) is 5.32 Å². The first kappa shape index (κ1) is 13.6. The second-order valence-corrected chi connectivity index (χ2v) is 5.05. The van der Waals surface area contributed by atoms with Crippen LogP contribution in [0.25, 0.3) is 0 Å². The standard InChI is InChI=1S/C16H16ClNO/c1-11-6-8-13(9-7-11)16(19)18-12(2)14-4-3-5-15(17)10-14/h3-10,12H,1-2H3,(H,18,19). The Balaban J connectivity index is 2.08. The summed E-state index contributed by atoms with van der Waals surface area (Å²) in [6, 6.07) is 15.0. The van der Waals surface area contributed by atoms with E-state index in [4.69, 9.17) is 11.6 Å². The molecule has 0 bridgehead atoms. The summed E-state index contributed by atoms with van der Waals surface area (Å²) in [5.41, 5.74) is 2.80. The SMILES string of the molecule is Cc1ccc(C(=O)NC(C)c2cccc(Cl)c2)cc1. The molecule has 2 rings (SSSR count). The molecule has 0 saturated carbocycles. The summed E-state index contributed by atoms with van der Waals surface area (Å²) >= 11 is 5.95. The molecular formula is C16H16ClNO. The van der Waals surface area contributed by atoms with Gasteiger partial charge in [-0.25, -0.2) is 0 Å². The summed E-state index contributed by atoms with van der Waals surface area (Å²) in [4.78, 5) is 12.1. The molecule has 0 aliphatic rings. The lowest BCUT2D eigenvalue weighted by Crippen LogP contribution is -2.26. The van der Waals surface area contributed by atoms with Crippen molar-refractivity contribution in [2.75, 3.05) is 0 Å². The van der Waals surface area contributed by atoms with E-state index in [1.54, 1.807) is 0 Å². The van der Waals surface area contributed by atoms with E-state index >= 15 is 0 Å². The number of carbonyl (C=O) groups excluding carboxylic acids is 1. The lowest BCUT2D eigenvalue weighted by molar-refractivity contribution is 0.0940. The number of rotatable bonds is 3. The number of hydrogen-bond donors (Lipinski definition) is 1. The number of hydrogen-bond acceptors (Lipinski definition) is 1. The topological polar surface area (TPSA) is 29.1 Å². The van der Waals surface area contributed by atoms with Gasteiger partial charge >= 0.3 is 0 Å². The van der Waals surface area contributed by atoms with Crippen LogP contribution < -0.4 is 5.32 Å². The lowest BCUT2D eigenvalue weighted by Gasteiger charge is -2.14. The van der Waals surface area contributed by atoms with Gasteiger partial charge in [0, 0.05) is 10.6 Å². The molecule has 0 saturated heterocycles. The van der Waals surface area contributed by atoms with E-state index in [0.29, 0.717) is 10.6 Å². The van der Waals surface area contributed by atoms with Crippen LogP contribution in [0, 0.1) is 6.92 Å². The van der Waals surface area contributed by atoms with Crippen LogP contribution in [-0.4, -0.2) is 5.91 Å². The van der Waals surface area contributed by atoms with E-state index in [0.717, 1.165) is 11.1 Å². The van der Waals surface area contributed by atoms with Crippen LogP contribution in [0.1, 0.15) is 34.5 Å². The Morgan fingerprint density at radius 1 is 1.16 bits per heavy atom. The van der Waals surface area contributed by atoms with Crippen LogP contribution in [0.15, 0.2) is 48.5 Å². The Morgan fingerprint density at radius 3 is 2.47 bits per heavy atom. The lowest BCUT2D eigenvalue weighted by atomic mass is 10.1. The van der Waals surface area contributed by atoms with E-state index in [-0.39, 0.29) is 11.9 Å². The zero-order valence-corrected chi connectivity index (χ0v) is 11.7. The Labute approximate surface area is 118 Å². The highest BCUT2D eigenvalue weighted by atomic mass is 35.5. The first-order valence-electron chi connectivity index (χ1n) is 6.19. The first-order chi connectivity index (χ1) is 9.06. The van der Waals surface area contributed by atoms with Gasteiger partial charge in [0.05, 0.1) is 6.04 Å². The molecule has 0 aromatic heterocycles. The van der Waals surface area contributed by atoms with Gasteiger partial charge < -0.3 is 5.32 Å². The number of carbonyl (C=O) groups is 1. The fraction of sp³-hybridized carbons (Fsp3) is 0.188. The molecule has 0 radical (unpaired) electrons. The summed E-state index contributed by atoms with van der Waals surface area (Å²) < 4.78 is 0. The number of halogens is 1. The third-order valence-corrected chi connectivity index (χ3v) is 3.25. The summed E-state index contributed by atoms with van der Waals surface area (Å²) in [5, 5.41) is 3.64. The van der Waals surface area contributed by atoms with Crippen LogP contribution in [0.5, 0.6) is 0 Å². The van der Waals surface area contributed by atoms with Crippen molar-refractivity contribution < 1.29 is 4.79 Å². The maximum atomic E-state index is 12.1. The van der Waals surface area contributed by atoms with Crippen molar-refractivity contribution in [2.45, 2.75) is 19.9 Å². The van der Waals surface area contributed by atoms with Crippen LogP contribution >= 0.6 is 11.6 Å². The van der Waals surface area contributed by atoms with Gasteiger partial charge in [-0.05, 0) is 43.7 Å². The van der Waals surface area contributed by atoms with Crippen molar-refractivity contribution >= 4 is 17.5 Å². The molecule has 0 aliphatic heterocycles. The third kappa shape index (κ3) is 3.58. The fourth-order valence-electron chi connectivity index (χ4n) is 1.84. The fourth-order valence-corrected chi connectivity index (χ4v) is 2.04. The zero-order chi connectivity index (χ0) is 13.8. The third-order valence-electron chi connectivity index (χ3n) is 3.01. The van der Waals surface area contributed by atoms with E-state index in [1.165, 1.54) is 0 Å². The van der Waals surface area contributed by atoms with Crippen LogP contribution in [0.2, 0.25) is 5.02 Å². The smallest absolute Gasteiger partial charge is 0.251 e. The van der Waals surface area contributed by atoms with E-state index < -0.39 is 0 Å². The molecule has 1 atom stereocenters. The molecule has 2 nitrogen and oxygen atoms in total. The van der Waals surface area contributed by atoms with Gasteiger partial charge in [0.25, 0.3) is 5.91 Å². The van der Waals surface area contributed by atoms with Gasteiger partial charge in [0.1, 0.15) is 0 Å². The van der Waals surface area contributed by atoms with Gasteiger partial charge in [-0.15, -0.1) is 0 Å². The molecule has 2 aromatic rings. The number of nitrogens with one attached hydrogen (secondary N) is 1. The molecule has 0 spiro atoms. The molecule has 3 heteroatoms. The normalized spacial score (nSPS) is 11.9. The molecule has 0 fully saturated rings. The van der Waals surface area contributed by atoms with Crippen molar-refractivity contribution in [3.8, 4) is 0 Å². The van der Waals surface area contributed by atoms with Gasteiger partial charge in [0.15, 0.2) is 0 Å². The maximum Gasteiger partial charge on any atom is 0.251 e. The monoisotopic (exact) mass is 273 g/mol. The summed E-state index contributed by atoms with van der Waals surface area (Å²) in [6.45, 7) is 3.94. The van der Waals surface area contributed by atoms with E-state index in [2.05, 4.69) is 5.32 Å². The summed E-state index contributed by atoms with van der Waals surface area (Å²) in [5.74, 6) is -0.0764. The predicted molar refractivity (Wildman–Crippen MR) is 78.5 cm³/mol. The average molecular weight is 274 g/mol. The number of aryl methyl sites for hydroxylation is 1. The minimum atomic E-state index is -0.0764. The Morgan fingerprint density at radius 2 is 1.84 bits per heavy atom. The van der Waals surface area contributed by atoms with E-state index in [1.807, 2.05) is 62.4 Å². The van der Waals surface area contributed by atoms with Crippen LogP contribution in [-0.2, 0) is 0 Å². The predicted octanol–water partition coefficient (Wildman–Crippen LogP) is 4.14. The van der Waals surface area contributed by atoms with Gasteiger partial charge in [0.2, 0.25) is 0 Å². The second-order valence-electron chi connectivity index (χ2n) is 4.62. The molecule has 1 amide bonds. The van der Waals surface area contributed by atoms with Crippen LogP contribution in [0.3, 0.4) is 0 Å². The molecule has 19 heavy (non-hydrogen) atoms.